The second-order valence-corrected chi connectivity index (χ2v) is 3.09. The van der Waals surface area contributed by atoms with E-state index in [9.17, 15) is 10.1 Å². The van der Waals surface area contributed by atoms with Gasteiger partial charge in [-0.05, 0) is 12.5 Å². The van der Waals surface area contributed by atoms with Gasteiger partial charge in [-0.25, -0.2) is 4.98 Å². The lowest BCUT2D eigenvalue weighted by atomic mass is 10.1. The molecule has 0 fully saturated rings. The molecule has 0 radical (unpaired) electrons. The number of nitrogens with one attached hydrogen (secondary N) is 1. The van der Waals surface area contributed by atoms with Crippen molar-refractivity contribution in [2.75, 3.05) is 0 Å². The molecule has 0 aliphatic heterocycles. The molecular weight excluding hydrogens is 196 g/mol. The minimum atomic E-state index is -0.431. The van der Waals surface area contributed by atoms with Gasteiger partial charge in [0.15, 0.2) is 5.82 Å². The molecule has 1 N–H and O–H groups in total. The summed E-state index contributed by atoms with van der Waals surface area (Å²) in [4.78, 5) is 14.1. The standard InChI is InChI=1S/C9H8N4O2/c1-6-2-3-7(13(14)15)4-8(6)9-10-5-11-12-9/h2-5H,1H3,(H,10,11,12). The van der Waals surface area contributed by atoms with Crippen molar-refractivity contribution in [3.05, 3.63) is 40.2 Å². The van der Waals surface area contributed by atoms with Crippen LogP contribution in [-0.4, -0.2) is 20.1 Å². The number of aryl methyl sites for hydroxylation is 1. The molecular formula is C9H8N4O2. The first-order valence-corrected chi connectivity index (χ1v) is 4.29. The molecule has 0 unspecified atom stereocenters. The van der Waals surface area contributed by atoms with Gasteiger partial charge in [-0.15, -0.1) is 0 Å². The van der Waals surface area contributed by atoms with Crippen molar-refractivity contribution >= 4 is 5.69 Å². The first-order valence-electron chi connectivity index (χ1n) is 4.29. The van der Waals surface area contributed by atoms with Gasteiger partial charge in [-0.2, -0.15) is 5.10 Å². The summed E-state index contributed by atoms with van der Waals surface area (Å²) in [6.45, 7) is 1.86. The quantitative estimate of drug-likeness (QED) is 0.595. The van der Waals surface area contributed by atoms with Gasteiger partial charge in [-0.1, -0.05) is 6.07 Å². The lowest BCUT2D eigenvalue weighted by Crippen LogP contribution is -1.91. The zero-order chi connectivity index (χ0) is 10.8. The Bertz CT molecular complexity index is 493. The largest absolute Gasteiger partial charge is 0.270 e. The number of H-pyrrole nitrogens is 1. The third-order valence-corrected chi connectivity index (χ3v) is 2.10. The Balaban J connectivity index is 2.55. The van der Waals surface area contributed by atoms with Crippen LogP contribution in [0, 0.1) is 17.0 Å². The number of benzene rings is 1. The predicted molar refractivity (Wildman–Crippen MR) is 53.2 cm³/mol. The van der Waals surface area contributed by atoms with Gasteiger partial charge in [0.05, 0.1) is 4.92 Å². The molecule has 1 aromatic heterocycles. The van der Waals surface area contributed by atoms with E-state index in [0.29, 0.717) is 11.4 Å². The smallest absolute Gasteiger partial charge is 0.259 e. The second kappa shape index (κ2) is 3.49. The average Bonchev–Trinajstić information content (AvgIpc) is 2.71. The van der Waals surface area contributed by atoms with Gasteiger partial charge in [-0.3, -0.25) is 15.2 Å². The number of hydrogen-bond donors (Lipinski definition) is 1. The van der Waals surface area contributed by atoms with Gasteiger partial charge in [0.25, 0.3) is 5.69 Å². The Morgan fingerprint density at radius 3 is 2.87 bits per heavy atom. The average molecular weight is 204 g/mol. The monoisotopic (exact) mass is 204 g/mol. The molecule has 0 saturated heterocycles. The lowest BCUT2D eigenvalue weighted by molar-refractivity contribution is -0.384. The maximum Gasteiger partial charge on any atom is 0.270 e. The Labute approximate surface area is 85.1 Å². The van der Waals surface area contributed by atoms with Crippen LogP contribution in [0.2, 0.25) is 0 Å². The summed E-state index contributed by atoms with van der Waals surface area (Å²) in [5, 5.41) is 17.0. The van der Waals surface area contributed by atoms with Crippen LogP contribution in [0.5, 0.6) is 0 Å². The first kappa shape index (κ1) is 9.32. The molecule has 0 atom stereocenters. The number of nitrogens with zero attached hydrogens (tertiary/aromatic N) is 3. The fraction of sp³-hybridized carbons (Fsp3) is 0.111. The van der Waals surface area contributed by atoms with E-state index in [4.69, 9.17) is 0 Å². The SMILES string of the molecule is Cc1ccc([N+](=O)[O-])cc1-c1ncn[nH]1. The summed E-state index contributed by atoms with van der Waals surface area (Å²) < 4.78 is 0. The summed E-state index contributed by atoms with van der Waals surface area (Å²) in [7, 11) is 0. The molecule has 0 bridgehead atoms. The summed E-state index contributed by atoms with van der Waals surface area (Å²) in [5.41, 5.74) is 1.66. The minimum absolute atomic E-state index is 0.0481. The van der Waals surface area contributed by atoms with Gasteiger partial charge < -0.3 is 0 Å². The van der Waals surface area contributed by atoms with Crippen LogP contribution in [-0.2, 0) is 0 Å². The third kappa shape index (κ3) is 1.69. The fourth-order valence-electron chi connectivity index (χ4n) is 1.31. The molecule has 1 aromatic carbocycles. The van der Waals surface area contributed by atoms with Crippen LogP contribution in [0.1, 0.15) is 5.56 Å². The van der Waals surface area contributed by atoms with Crippen LogP contribution in [0.4, 0.5) is 5.69 Å². The van der Waals surface area contributed by atoms with Gasteiger partial charge >= 0.3 is 0 Å². The Hall–Kier alpha value is -2.24. The molecule has 0 spiro atoms. The van der Waals surface area contributed by atoms with E-state index in [2.05, 4.69) is 15.2 Å². The molecule has 2 aromatic rings. The molecule has 6 heteroatoms. The fourth-order valence-corrected chi connectivity index (χ4v) is 1.31. The summed E-state index contributed by atoms with van der Waals surface area (Å²) in [6, 6.07) is 4.64. The summed E-state index contributed by atoms with van der Waals surface area (Å²) in [5.74, 6) is 0.538. The zero-order valence-corrected chi connectivity index (χ0v) is 7.97. The number of rotatable bonds is 2. The number of aromatic amines is 1. The van der Waals surface area contributed by atoms with Gasteiger partial charge in [0.2, 0.25) is 0 Å². The number of aromatic nitrogens is 3. The van der Waals surface area contributed by atoms with Crippen molar-refractivity contribution in [1.29, 1.82) is 0 Å². The Morgan fingerprint density at radius 1 is 1.47 bits per heavy atom. The normalized spacial score (nSPS) is 10.2. The first-order chi connectivity index (χ1) is 7.18. The molecule has 1 heterocycles. The highest BCUT2D eigenvalue weighted by molar-refractivity contribution is 5.63. The van der Waals surface area contributed by atoms with Crippen molar-refractivity contribution in [3.63, 3.8) is 0 Å². The predicted octanol–water partition coefficient (Wildman–Crippen LogP) is 1.69. The van der Waals surface area contributed by atoms with Crippen LogP contribution < -0.4 is 0 Å². The highest BCUT2D eigenvalue weighted by Gasteiger charge is 2.11. The van der Waals surface area contributed by atoms with Crippen LogP contribution in [0.3, 0.4) is 0 Å². The van der Waals surface area contributed by atoms with E-state index in [0.717, 1.165) is 5.56 Å². The summed E-state index contributed by atoms with van der Waals surface area (Å²) in [6.07, 6.45) is 1.37. The van der Waals surface area contributed by atoms with Crippen molar-refractivity contribution in [2.45, 2.75) is 6.92 Å². The van der Waals surface area contributed by atoms with Crippen molar-refractivity contribution in [3.8, 4) is 11.4 Å². The molecule has 6 nitrogen and oxygen atoms in total. The Morgan fingerprint density at radius 2 is 2.27 bits per heavy atom. The topological polar surface area (TPSA) is 84.7 Å². The number of non-ortho nitro benzene ring substituents is 1. The highest BCUT2D eigenvalue weighted by atomic mass is 16.6. The second-order valence-electron chi connectivity index (χ2n) is 3.09. The maximum atomic E-state index is 10.6. The van der Waals surface area contributed by atoms with Crippen molar-refractivity contribution in [1.82, 2.24) is 15.2 Å². The molecule has 15 heavy (non-hydrogen) atoms. The van der Waals surface area contributed by atoms with Crippen LogP contribution >= 0.6 is 0 Å². The van der Waals surface area contributed by atoms with E-state index in [-0.39, 0.29) is 5.69 Å². The molecule has 0 aliphatic carbocycles. The van der Waals surface area contributed by atoms with Crippen molar-refractivity contribution < 1.29 is 4.92 Å². The molecule has 0 aliphatic rings. The van der Waals surface area contributed by atoms with E-state index in [1.165, 1.54) is 18.5 Å². The number of nitro benzene ring substituents is 1. The van der Waals surface area contributed by atoms with Crippen molar-refractivity contribution in [2.24, 2.45) is 0 Å². The van der Waals surface area contributed by atoms with Crippen LogP contribution in [0.25, 0.3) is 11.4 Å². The van der Waals surface area contributed by atoms with Gasteiger partial charge in [0, 0.05) is 17.7 Å². The van der Waals surface area contributed by atoms with E-state index >= 15 is 0 Å². The maximum absolute atomic E-state index is 10.6. The molecule has 0 saturated carbocycles. The minimum Gasteiger partial charge on any atom is -0.259 e. The third-order valence-electron chi connectivity index (χ3n) is 2.10. The van der Waals surface area contributed by atoms with E-state index in [1.54, 1.807) is 6.07 Å². The highest BCUT2D eigenvalue weighted by Crippen LogP contribution is 2.24. The van der Waals surface area contributed by atoms with E-state index < -0.39 is 4.92 Å². The number of hydrogen-bond acceptors (Lipinski definition) is 4. The zero-order valence-electron chi connectivity index (χ0n) is 7.97. The van der Waals surface area contributed by atoms with Crippen LogP contribution in [0.15, 0.2) is 24.5 Å². The van der Waals surface area contributed by atoms with Gasteiger partial charge in [0.1, 0.15) is 6.33 Å². The molecule has 2 rings (SSSR count). The Kier molecular flexibility index (Phi) is 2.17. The van der Waals surface area contributed by atoms with E-state index in [1.807, 2.05) is 6.92 Å². The molecule has 76 valence electrons. The molecule has 0 amide bonds. The number of nitro groups is 1. The lowest BCUT2D eigenvalue weighted by Gasteiger charge is -2.01. The summed E-state index contributed by atoms with van der Waals surface area (Å²) >= 11 is 0.